The average Bonchev–Trinajstić information content (AvgIpc) is 3.15. The highest BCUT2D eigenvalue weighted by molar-refractivity contribution is 6.30. The first-order valence-corrected chi connectivity index (χ1v) is 9.13. The standard InChI is InChI=1S/C19H20ClFN4O3/c1-19(2)14(27)18(25-6-5-11-16(22)23-8-24-17(11)25)28-15(19)13(26)10-4-3-9(20)7-12(10)21/h3-8,13-15,18,26-27H,1-2H3,(H2,22,23,24)/t13-,14+,15-,18-/m1/s1. The van der Waals surface area contributed by atoms with E-state index in [0.29, 0.717) is 16.9 Å². The maximum atomic E-state index is 14.3. The minimum atomic E-state index is -1.30. The quantitative estimate of drug-likeness (QED) is 0.617. The molecular weight excluding hydrogens is 387 g/mol. The molecule has 148 valence electrons. The van der Waals surface area contributed by atoms with Crippen molar-refractivity contribution >= 4 is 28.5 Å². The molecule has 0 saturated carbocycles. The average molecular weight is 407 g/mol. The largest absolute Gasteiger partial charge is 0.388 e. The molecule has 4 rings (SSSR count). The van der Waals surface area contributed by atoms with Crippen LogP contribution in [0.3, 0.4) is 0 Å². The maximum Gasteiger partial charge on any atom is 0.162 e. The molecule has 2 aromatic heterocycles. The van der Waals surface area contributed by atoms with Crippen LogP contribution in [0.1, 0.15) is 31.7 Å². The number of nitrogens with two attached hydrogens (primary N) is 1. The minimum Gasteiger partial charge on any atom is -0.388 e. The second-order valence-corrected chi connectivity index (χ2v) is 7.98. The van der Waals surface area contributed by atoms with E-state index in [2.05, 4.69) is 9.97 Å². The highest BCUT2D eigenvalue weighted by Crippen LogP contribution is 2.48. The fourth-order valence-electron chi connectivity index (χ4n) is 3.74. The number of anilines is 1. The van der Waals surface area contributed by atoms with E-state index in [1.807, 2.05) is 0 Å². The van der Waals surface area contributed by atoms with Crippen molar-refractivity contribution in [3.05, 3.63) is 53.2 Å². The maximum absolute atomic E-state index is 14.3. The lowest BCUT2D eigenvalue weighted by molar-refractivity contribution is -0.0847. The number of rotatable bonds is 3. The molecule has 0 aliphatic carbocycles. The molecule has 3 heterocycles. The number of hydrogen-bond donors (Lipinski definition) is 3. The summed E-state index contributed by atoms with van der Waals surface area (Å²) in [6.45, 7) is 3.52. The van der Waals surface area contributed by atoms with Crippen molar-refractivity contribution < 1.29 is 19.3 Å². The van der Waals surface area contributed by atoms with Crippen LogP contribution in [-0.2, 0) is 4.74 Å². The van der Waals surface area contributed by atoms with E-state index in [4.69, 9.17) is 22.1 Å². The zero-order valence-corrected chi connectivity index (χ0v) is 16.0. The van der Waals surface area contributed by atoms with Crippen LogP contribution in [0.2, 0.25) is 5.02 Å². The van der Waals surface area contributed by atoms with Crippen LogP contribution in [0.5, 0.6) is 0 Å². The monoisotopic (exact) mass is 406 g/mol. The first-order chi connectivity index (χ1) is 13.2. The van der Waals surface area contributed by atoms with Gasteiger partial charge in [0.15, 0.2) is 6.23 Å². The number of ether oxygens (including phenoxy) is 1. The molecule has 1 fully saturated rings. The number of benzene rings is 1. The lowest BCUT2D eigenvalue weighted by Crippen LogP contribution is -2.38. The molecule has 0 radical (unpaired) electrons. The van der Waals surface area contributed by atoms with Gasteiger partial charge in [-0.05, 0) is 18.2 Å². The normalized spacial score (nSPS) is 25.3. The fraction of sp³-hybridized carbons (Fsp3) is 0.368. The van der Waals surface area contributed by atoms with Gasteiger partial charge in [-0.15, -0.1) is 0 Å². The molecule has 28 heavy (non-hydrogen) atoms. The van der Waals surface area contributed by atoms with Crippen LogP contribution in [0, 0.1) is 11.2 Å². The predicted molar refractivity (Wildman–Crippen MR) is 102 cm³/mol. The summed E-state index contributed by atoms with van der Waals surface area (Å²) in [5.41, 5.74) is 5.55. The van der Waals surface area contributed by atoms with Crippen LogP contribution in [0.15, 0.2) is 36.8 Å². The Bertz CT molecular complexity index is 1040. The van der Waals surface area contributed by atoms with Crippen molar-refractivity contribution in [2.24, 2.45) is 5.41 Å². The van der Waals surface area contributed by atoms with Gasteiger partial charge in [0.05, 0.1) is 11.5 Å². The minimum absolute atomic E-state index is 0.0549. The lowest BCUT2D eigenvalue weighted by atomic mass is 9.78. The van der Waals surface area contributed by atoms with E-state index in [0.717, 1.165) is 6.07 Å². The Morgan fingerprint density at radius 2 is 2.07 bits per heavy atom. The summed E-state index contributed by atoms with van der Waals surface area (Å²) >= 11 is 5.80. The van der Waals surface area contributed by atoms with Crippen LogP contribution < -0.4 is 5.73 Å². The summed E-state index contributed by atoms with van der Waals surface area (Å²) in [6, 6.07) is 5.78. The van der Waals surface area contributed by atoms with Crippen molar-refractivity contribution in [3.8, 4) is 0 Å². The third kappa shape index (κ3) is 2.84. The Kier molecular flexibility index (Phi) is 4.54. The second-order valence-electron chi connectivity index (χ2n) is 7.54. The van der Waals surface area contributed by atoms with Crippen LogP contribution in [0.25, 0.3) is 11.0 Å². The third-order valence-corrected chi connectivity index (χ3v) is 5.67. The Hall–Kier alpha value is -2.26. The van der Waals surface area contributed by atoms with E-state index < -0.39 is 35.8 Å². The van der Waals surface area contributed by atoms with Crippen LogP contribution in [0.4, 0.5) is 10.2 Å². The molecule has 1 saturated heterocycles. The number of aliphatic hydroxyl groups excluding tert-OH is 2. The van der Waals surface area contributed by atoms with Crippen LogP contribution >= 0.6 is 11.6 Å². The van der Waals surface area contributed by atoms with Crippen molar-refractivity contribution in [1.82, 2.24) is 14.5 Å². The first-order valence-electron chi connectivity index (χ1n) is 8.75. The zero-order chi connectivity index (χ0) is 20.2. The summed E-state index contributed by atoms with van der Waals surface area (Å²) in [5.74, 6) is -0.320. The SMILES string of the molecule is CC1(C)[C@@H]([C@H](O)c2ccc(Cl)cc2F)O[C@@H](n2ccc3c(N)ncnc32)[C@@H]1O. The highest BCUT2D eigenvalue weighted by Gasteiger charge is 2.54. The predicted octanol–water partition coefficient (Wildman–Crippen LogP) is 2.82. The number of nitrogens with zero attached hydrogens (tertiary/aromatic N) is 3. The molecule has 4 N–H and O–H groups in total. The van der Waals surface area contributed by atoms with E-state index >= 15 is 0 Å². The first kappa shape index (κ1) is 19.1. The van der Waals surface area contributed by atoms with Crippen molar-refractivity contribution in [2.75, 3.05) is 5.73 Å². The smallest absolute Gasteiger partial charge is 0.162 e. The van der Waals surface area contributed by atoms with E-state index in [1.165, 1.54) is 18.5 Å². The molecule has 0 unspecified atom stereocenters. The molecule has 0 bridgehead atoms. The summed E-state index contributed by atoms with van der Waals surface area (Å²) in [5, 5.41) is 22.7. The van der Waals surface area contributed by atoms with Gasteiger partial charge in [0.2, 0.25) is 0 Å². The number of aromatic nitrogens is 3. The van der Waals surface area contributed by atoms with Crippen LogP contribution in [-0.4, -0.2) is 37.0 Å². The molecule has 1 aliphatic rings. The van der Waals surface area contributed by atoms with Crippen molar-refractivity contribution in [1.29, 1.82) is 0 Å². The number of halogens is 2. The summed E-state index contributed by atoms with van der Waals surface area (Å²) in [7, 11) is 0. The topological polar surface area (TPSA) is 106 Å². The molecule has 0 amide bonds. The van der Waals surface area contributed by atoms with Gasteiger partial charge in [0.25, 0.3) is 0 Å². The number of aliphatic hydroxyl groups is 2. The summed E-state index contributed by atoms with van der Waals surface area (Å²) in [4.78, 5) is 8.18. The summed E-state index contributed by atoms with van der Waals surface area (Å²) < 4.78 is 22.0. The Labute approximate surface area is 165 Å². The number of nitrogen functional groups attached to an aromatic ring is 1. The molecule has 0 spiro atoms. The Morgan fingerprint density at radius 1 is 1.32 bits per heavy atom. The van der Waals surface area contributed by atoms with Crippen molar-refractivity contribution in [3.63, 3.8) is 0 Å². The lowest BCUT2D eigenvalue weighted by Gasteiger charge is -2.31. The molecule has 7 nitrogen and oxygen atoms in total. The third-order valence-electron chi connectivity index (χ3n) is 5.43. The van der Waals surface area contributed by atoms with E-state index in [-0.39, 0.29) is 10.6 Å². The van der Waals surface area contributed by atoms with Gasteiger partial charge in [-0.3, -0.25) is 0 Å². The Balaban J connectivity index is 1.72. The highest BCUT2D eigenvalue weighted by atomic mass is 35.5. The van der Waals surface area contributed by atoms with Gasteiger partial charge in [0.1, 0.15) is 35.8 Å². The van der Waals surface area contributed by atoms with Gasteiger partial charge in [-0.25, -0.2) is 14.4 Å². The van der Waals surface area contributed by atoms with E-state index in [1.54, 1.807) is 30.7 Å². The van der Waals surface area contributed by atoms with E-state index in [9.17, 15) is 14.6 Å². The molecule has 9 heteroatoms. The molecule has 3 aromatic rings. The van der Waals surface area contributed by atoms with Gasteiger partial charge in [0, 0.05) is 22.2 Å². The fourth-order valence-corrected chi connectivity index (χ4v) is 3.89. The number of hydrogen-bond acceptors (Lipinski definition) is 6. The van der Waals surface area contributed by atoms with Gasteiger partial charge in [-0.2, -0.15) is 0 Å². The Morgan fingerprint density at radius 3 is 2.79 bits per heavy atom. The van der Waals surface area contributed by atoms with Gasteiger partial charge < -0.3 is 25.3 Å². The molecule has 1 aliphatic heterocycles. The molecule has 1 aromatic carbocycles. The number of fused-ring (bicyclic) bond motifs is 1. The molecular formula is C19H20ClFN4O3. The van der Waals surface area contributed by atoms with Crippen molar-refractivity contribution in [2.45, 2.75) is 38.4 Å². The second kappa shape index (κ2) is 6.66. The zero-order valence-electron chi connectivity index (χ0n) is 15.3. The van der Waals surface area contributed by atoms with Gasteiger partial charge >= 0.3 is 0 Å². The summed E-state index contributed by atoms with van der Waals surface area (Å²) in [6.07, 6.45) is -0.979. The van der Waals surface area contributed by atoms with Gasteiger partial charge in [-0.1, -0.05) is 31.5 Å². The molecule has 4 atom stereocenters.